The minimum absolute atomic E-state index is 0.0664. The van der Waals surface area contributed by atoms with Crippen LogP contribution < -0.4 is 16.0 Å². The molecule has 0 bridgehead atoms. The molecule has 0 spiro atoms. The first kappa shape index (κ1) is 22.3. The van der Waals surface area contributed by atoms with Crippen molar-refractivity contribution < 1.29 is 13.2 Å². The van der Waals surface area contributed by atoms with Crippen LogP contribution in [0.2, 0.25) is 0 Å². The zero-order valence-corrected chi connectivity index (χ0v) is 19.0. The monoisotopic (exact) mass is 493 g/mol. The molecule has 184 valence electrons. The van der Waals surface area contributed by atoms with Gasteiger partial charge in [0, 0.05) is 6.04 Å². The summed E-state index contributed by atoms with van der Waals surface area (Å²) >= 11 is 0. The molecule has 2 aromatic carbocycles. The highest BCUT2D eigenvalue weighted by molar-refractivity contribution is 5.85. The first-order chi connectivity index (χ1) is 17.5. The normalized spacial score (nSPS) is 14.5. The smallest absolute Gasteiger partial charge is 0.227 e. The number of hydrogen-bond acceptors (Lipinski definition) is 7. The summed E-state index contributed by atoms with van der Waals surface area (Å²) in [7, 11) is 0. The van der Waals surface area contributed by atoms with E-state index in [-0.39, 0.29) is 23.9 Å². The van der Waals surface area contributed by atoms with E-state index in [1.165, 1.54) is 18.2 Å². The van der Waals surface area contributed by atoms with Gasteiger partial charge in [0.25, 0.3) is 0 Å². The number of benzene rings is 2. The van der Waals surface area contributed by atoms with Gasteiger partial charge >= 0.3 is 0 Å². The van der Waals surface area contributed by atoms with Gasteiger partial charge in [0.1, 0.15) is 23.5 Å². The fourth-order valence-electron chi connectivity index (χ4n) is 4.37. The summed E-state index contributed by atoms with van der Waals surface area (Å²) < 4.78 is 43.3. The molecule has 1 saturated heterocycles. The second-order valence-electron chi connectivity index (χ2n) is 8.63. The molecule has 0 saturated carbocycles. The standard InChI is InChI=1S/C24H22F3N9/c25-13-2-1-3-15(10-13)36-12-30-21-22(34-24(35-23(21)36)31-14-6-8-28-9-7-14)29-11-18-32-17-5-4-16(26)19(27)20(17)33-18/h1-5,10,12,14,28H,6-9,11H2,(H,32,33)(H2,29,31,34,35). The van der Waals surface area contributed by atoms with Crippen LogP contribution in [0.5, 0.6) is 0 Å². The lowest BCUT2D eigenvalue weighted by Gasteiger charge is -2.23. The second-order valence-corrected chi connectivity index (χ2v) is 8.63. The molecule has 12 heteroatoms. The summed E-state index contributed by atoms with van der Waals surface area (Å²) in [5.41, 5.74) is 1.87. The van der Waals surface area contributed by atoms with Crippen molar-refractivity contribution in [2.75, 3.05) is 23.7 Å². The van der Waals surface area contributed by atoms with Gasteiger partial charge < -0.3 is 20.9 Å². The van der Waals surface area contributed by atoms with Crippen molar-refractivity contribution >= 4 is 34.0 Å². The topological polar surface area (TPSA) is 108 Å². The van der Waals surface area contributed by atoms with E-state index in [9.17, 15) is 13.2 Å². The first-order valence-corrected chi connectivity index (χ1v) is 11.6. The summed E-state index contributed by atoms with van der Waals surface area (Å²) in [5.74, 6) is -1.09. The summed E-state index contributed by atoms with van der Waals surface area (Å²) in [5, 5.41) is 9.91. The third kappa shape index (κ3) is 4.19. The summed E-state index contributed by atoms with van der Waals surface area (Å²) in [6, 6.07) is 8.86. The molecule has 1 fully saturated rings. The maximum atomic E-state index is 14.1. The van der Waals surface area contributed by atoms with Crippen LogP contribution in [0.25, 0.3) is 27.9 Å². The number of H-pyrrole nitrogens is 1. The number of anilines is 2. The zero-order valence-electron chi connectivity index (χ0n) is 19.0. The highest BCUT2D eigenvalue weighted by Crippen LogP contribution is 2.26. The minimum Gasteiger partial charge on any atom is -0.361 e. The number of fused-ring (bicyclic) bond motifs is 2. The van der Waals surface area contributed by atoms with Gasteiger partial charge in [-0.3, -0.25) is 4.57 Å². The minimum atomic E-state index is -0.998. The predicted octanol–water partition coefficient (Wildman–Crippen LogP) is 3.89. The number of aromatic nitrogens is 6. The third-order valence-corrected chi connectivity index (χ3v) is 6.17. The van der Waals surface area contributed by atoms with E-state index in [4.69, 9.17) is 0 Å². The van der Waals surface area contributed by atoms with Crippen molar-refractivity contribution in [3.63, 3.8) is 0 Å². The number of halogens is 3. The van der Waals surface area contributed by atoms with E-state index in [1.54, 1.807) is 23.0 Å². The number of nitrogens with one attached hydrogen (secondary N) is 4. The Labute approximate surface area is 203 Å². The van der Waals surface area contributed by atoms with Gasteiger partial charge in [0.05, 0.1) is 17.7 Å². The van der Waals surface area contributed by atoms with Gasteiger partial charge in [0.2, 0.25) is 5.95 Å². The van der Waals surface area contributed by atoms with Crippen molar-refractivity contribution in [1.29, 1.82) is 0 Å². The van der Waals surface area contributed by atoms with Crippen molar-refractivity contribution in [2.24, 2.45) is 0 Å². The Morgan fingerprint density at radius 3 is 2.69 bits per heavy atom. The molecule has 6 rings (SSSR count). The number of hydrogen-bond donors (Lipinski definition) is 4. The zero-order chi connectivity index (χ0) is 24.6. The van der Waals surface area contributed by atoms with Gasteiger partial charge in [-0.1, -0.05) is 6.07 Å². The molecule has 0 radical (unpaired) electrons. The van der Waals surface area contributed by atoms with E-state index < -0.39 is 11.6 Å². The lowest BCUT2D eigenvalue weighted by atomic mass is 10.1. The van der Waals surface area contributed by atoms with Crippen LogP contribution in [0.1, 0.15) is 18.7 Å². The van der Waals surface area contributed by atoms with Gasteiger partial charge in [-0.05, 0) is 56.3 Å². The molecule has 5 aromatic rings. The van der Waals surface area contributed by atoms with Crippen LogP contribution in [0.15, 0.2) is 42.7 Å². The maximum Gasteiger partial charge on any atom is 0.227 e. The molecule has 4 heterocycles. The van der Waals surface area contributed by atoms with Crippen molar-refractivity contribution in [3.8, 4) is 5.69 Å². The Morgan fingerprint density at radius 2 is 1.86 bits per heavy atom. The predicted molar refractivity (Wildman–Crippen MR) is 129 cm³/mol. The van der Waals surface area contributed by atoms with E-state index in [0.717, 1.165) is 32.0 Å². The molecule has 1 aliphatic rings. The summed E-state index contributed by atoms with van der Waals surface area (Å²) in [6.45, 7) is 1.95. The number of rotatable bonds is 6. The summed E-state index contributed by atoms with van der Waals surface area (Å²) in [6.07, 6.45) is 3.41. The van der Waals surface area contributed by atoms with E-state index in [0.29, 0.717) is 40.0 Å². The molecule has 0 atom stereocenters. The average molecular weight is 493 g/mol. The fraction of sp³-hybridized carbons (Fsp3) is 0.250. The van der Waals surface area contributed by atoms with Gasteiger partial charge in [-0.25, -0.2) is 23.1 Å². The fourth-order valence-corrected chi connectivity index (χ4v) is 4.37. The van der Waals surface area contributed by atoms with Gasteiger partial charge in [-0.15, -0.1) is 0 Å². The van der Waals surface area contributed by atoms with Crippen molar-refractivity contribution in [1.82, 2.24) is 34.8 Å². The molecule has 36 heavy (non-hydrogen) atoms. The first-order valence-electron chi connectivity index (χ1n) is 11.6. The molecule has 4 N–H and O–H groups in total. The number of aromatic amines is 1. The van der Waals surface area contributed by atoms with Crippen LogP contribution in [0.3, 0.4) is 0 Å². The Kier molecular flexibility index (Phi) is 5.64. The number of piperidine rings is 1. The maximum absolute atomic E-state index is 14.1. The molecular formula is C24H22F3N9. The molecule has 1 aliphatic heterocycles. The Morgan fingerprint density at radius 1 is 1.00 bits per heavy atom. The Hall–Kier alpha value is -4.19. The van der Waals surface area contributed by atoms with Crippen LogP contribution >= 0.6 is 0 Å². The van der Waals surface area contributed by atoms with Crippen LogP contribution in [-0.4, -0.2) is 48.6 Å². The molecule has 0 unspecified atom stereocenters. The van der Waals surface area contributed by atoms with E-state index >= 15 is 0 Å². The molecule has 0 aliphatic carbocycles. The lowest BCUT2D eigenvalue weighted by molar-refractivity contribution is 0.477. The highest BCUT2D eigenvalue weighted by atomic mass is 19.2. The summed E-state index contributed by atoms with van der Waals surface area (Å²) in [4.78, 5) is 21.0. The SMILES string of the molecule is Fc1cccc(-n2cnc3c(NCc4nc5c(F)c(F)ccc5[nH]4)nc(NC4CCNCC4)nc32)c1. The lowest BCUT2D eigenvalue weighted by Crippen LogP contribution is -2.35. The van der Waals surface area contributed by atoms with Gasteiger partial charge in [0.15, 0.2) is 28.6 Å². The molecule has 9 nitrogen and oxygen atoms in total. The van der Waals surface area contributed by atoms with Crippen molar-refractivity contribution in [2.45, 2.75) is 25.4 Å². The quantitative estimate of drug-likeness (QED) is 0.284. The van der Waals surface area contributed by atoms with Gasteiger partial charge in [-0.2, -0.15) is 9.97 Å². The number of imidazole rings is 2. The second kappa shape index (κ2) is 9.11. The molecular weight excluding hydrogens is 471 g/mol. The van der Waals surface area contributed by atoms with Crippen LogP contribution in [0.4, 0.5) is 24.9 Å². The molecule has 0 amide bonds. The third-order valence-electron chi connectivity index (χ3n) is 6.17. The Bertz CT molecular complexity index is 1560. The van der Waals surface area contributed by atoms with Crippen LogP contribution in [-0.2, 0) is 6.54 Å². The van der Waals surface area contributed by atoms with Crippen molar-refractivity contribution in [3.05, 3.63) is 66.0 Å². The number of nitrogens with zero attached hydrogens (tertiary/aromatic N) is 5. The van der Waals surface area contributed by atoms with E-state index in [1.807, 2.05) is 0 Å². The molecule has 3 aromatic heterocycles. The van der Waals surface area contributed by atoms with Crippen LogP contribution in [0, 0.1) is 17.5 Å². The van der Waals surface area contributed by atoms with E-state index in [2.05, 4.69) is 40.9 Å². The average Bonchev–Trinajstić information content (AvgIpc) is 3.50. The Balaban J connectivity index is 1.36. The largest absolute Gasteiger partial charge is 0.361 e. The highest BCUT2D eigenvalue weighted by Gasteiger charge is 2.19.